The molecule has 1 aromatic carbocycles. The van der Waals surface area contributed by atoms with E-state index in [0.717, 1.165) is 19.3 Å². The molecule has 2 rings (SSSR count). The third-order valence-electron chi connectivity index (χ3n) is 4.38. The topological polar surface area (TPSA) is 37.3 Å². The molecule has 2 heteroatoms. The summed E-state index contributed by atoms with van der Waals surface area (Å²) in [4.78, 5) is 11.5. The second-order valence-electron chi connectivity index (χ2n) is 6.88. The van der Waals surface area contributed by atoms with E-state index in [1.807, 2.05) is 0 Å². The van der Waals surface area contributed by atoms with Crippen molar-refractivity contribution in [1.29, 1.82) is 0 Å². The Morgan fingerprint density at radius 2 is 1.79 bits per heavy atom. The predicted octanol–water partition coefficient (Wildman–Crippen LogP) is 4.30. The number of benzene rings is 1. The molecular weight excluding hydrogens is 236 g/mol. The molecule has 2 nitrogen and oxygen atoms in total. The van der Waals surface area contributed by atoms with Crippen molar-refractivity contribution >= 4 is 5.97 Å². The highest BCUT2D eigenvalue weighted by atomic mass is 16.4. The summed E-state index contributed by atoms with van der Waals surface area (Å²) in [6, 6.07) is 6.47. The van der Waals surface area contributed by atoms with Crippen LogP contribution >= 0.6 is 0 Å². The van der Waals surface area contributed by atoms with Gasteiger partial charge in [0.2, 0.25) is 0 Å². The summed E-state index contributed by atoms with van der Waals surface area (Å²) >= 11 is 0. The lowest BCUT2D eigenvalue weighted by molar-refractivity contribution is -0.144. The highest BCUT2D eigenvalue weighted by Gasteiger charge is 2.39. The molecule has 0 bridgehead atoms. The second-order valence-corrected chi connectivity index (χ2v) is 6.88. The first-order chi connectivity index (χ1) is 8.78. The summed E-state index contributed by atoms with van der Waals surface area (Å²) in [6.07, 6.45) is 2.76. The maximum Gasteiger partial charge on any atom is 0.307 e. The van der Waals surface area contributed by atoms with E-state index in [0.29, 0.717) is 0 Å². The Labute approximate surface area is 115 Å². The molecule has 2 unspecified atom stereocenters. The third kappa shape index (κ3) is 3.17. The number of hydrogen-bond acceptors (Lipinski definition) is 1. The molecule has 0 saturated heterocycles. The molecule has 1 N–H and O–H groups in total. The monoisotopic (exact) mass is 260 g/mol. The van der Waals surface area contributed by atoms with Gasteiger partial charge in [0.1, 0.15) is 0 Å². The van der Waals surface area contributed by atoms with Crippen LogP contribution in [0.25, 0.3) is 0 Å². The average Bonchev–Trinajstić information content (AvgIpc) is 2.25. The van der Waals surface area contributed by atoms with Gasteiger partial charge in [-0.1, -0.05) is 43.2 Å². The molecule has 1 saturated carbocycles. The zero-order chi connectivity index (χ0) is 14.2. The number of rotatable bonds is 2. The van der Waals surface area contributed by atoms with Gasteiger partial charge in [0.15, 0.2) is 0 Å². The van der Waals surface area contributed by atoms with Gasteiger partial charge in [0.05, 0.1) is 5.92 Å². The molecule has 19 heavy (non-hydrogen) atoms. The van der Waals surface area contributed by atoms with E-state index in [1.54, 1.807) is 0 Å². The van der Waals surface area contributed by atoms with Crippen LogP contribution in [0, 0.1) is 25.2 Å². The summed E-state index contributed by atoms with van der Waals surface area (Å²) < 4.78 is 0. The fourth-order valence-electron chi connectivity index (χ4n) is 3.46. The number of carboxylic acids is 1. The minimum absolute atomic E-state index is 0.153. The van der Waals surface area contributed by atoms with E-state index in [1.165, 1.54) is 16.7 Å². The van der Waals surface area contributed by atoms with Crippen LogP contribution in [0.2, 0.25) is 0 Å². The second kappa shape index (κ2) is 4.99. The Bertz CT molecular complexity index is 468. The molecule has 0 aliphatic heterocycles. The Morgan fingerprint density at radius 3 is 2.32 bits per heavy atom. The summed E-state index contributed by atoms with van der Waals surface area (Å²) in [5.74, 6) is -0.714. The smallest absolute Gasteiger partial charge is 0.307 e. The minimum Gasteiger partial charge on any atom is -0.481 e. The van der Waals surface area contributed by atoms with Crippen LogP contribution in [-0.2, 0) is 4.79 Å². The SMILES string of the molecule is Cc1cc(C)cc(C2CC(C)(C)CCC2C(=O)O)c1. The maximum atomic E-state index is 11.5. The fraction of sp³-hybridized carbons (Fsp3) is 0.588. The van der Waals surface area contributed by atoms with Gasteiger partial charge in [0, 0.05) is 0 Å². The van der Waals surface area contributed by atoms with E-state index >= 15 is 0 Å². The Morgan fingerprint density at radius 1 is 1.21 bits per heavy atom. The fourth-order valence-corrected chi connectivity index (χ4v) is 3.46. The van der Waals surface area contributed by atoms with Crippen molar-refractivity contribution in [2.24, 2.45) is 11.3 Å². The number of carbonyl (C=O) groups is 1. The van der Waals surface area contributed by atoms with Crippen molar-refractivity contribution in [3.63, 3.8) is 0 Å². The molecule has 1 fully saturated rings. The number of aryl methyl sites for hydroxylation is 2. The van der Waals surface area contributed by atoms with Crippen molar-refractivity contribution in [1.82, 2.24) is 0 Å². The van der Waals surface area contributed by atoms with Crippen LogP contribution in [0.1, 0.15) is 55.7 Å². The summed E-state index contributed by atoms with van der Waals surface area (Å²) in [6.45, 7) is 8.67. The van der Waals surface area contributed by atoms with Gasteiger partial charge in [-0.25, -0.2) is 0 Å². The highest BCUT2D eigenvalue weighted by molar-refractivity contribution is 5.71. The number of aliphatic carboxylic acids is 1. The standard InChI is InChI=1S/C17H24O2/c1-11-7-12(2)9-13(8-11)15-10-17(3,4)6-5-14(15)16(18)19/h7-9,14-15H,5-6,10H2,1-4H3,(H,18,19). The Kier molecular flexibility index (Phi) is 3.71. The van der Waals surface area contributed by atoms with Gasteiger partial charge in [-0.15, -0.1) is 0 Å². The largest absolute Gasteiger partial charge is 0.481 e. The molecule has 0 heterocycles. The molecular formula is C17H24O2. The Balaban J connectivity index is 2.38. The van der Waals surface area contributed by atoms with Crippen molar-refractivity contribution in [3.8, 4) is 0 Å². The van der Waals surface area contributed by atoms with Gasteiger partial charge >= 0.3 is 5.97 Å². The zero-order valence-electron chi connectivity index (χ0n) is 12.4. The number of carboxylic acid groups (broad SMARTS) is 1. The van der Waals surface area contributed by atoms with Crippen molar-refractivity contribution < 1.29 is 9.90 Å². The minimum atomic E-state index is -0.639. The van der Waals surface area contributed by atoms with Crippen molar-refractivity contribution in [2.45, 2.75) is 52.9 Å². The van der Waals surface area contributed by atoms with Gasteiger partial charge in [0.25, 0.3) is 0 Å². The lowest BCUT2D eigenvalue weighted by atomic mass is 9.65. The first-order valence-electron chi connectivity index (χ1n) is 7.09. The average molecular weight is 260 g/mol. The first-order valence-corrected chi connectivity index (χ1v) is 7.09. The molecule has 1 aromatic rings. The van der Waals surface area contributed by atoms with Crippen LogP contribution < -0.4 is 0 Å². The molecule has 0 amide bonds. The molecule has 2 atom stereocenters. The zero-order valence-corrected chi connectivity index (χ0v) is 12.4. The summed E-state index contributed by atoms with van der Waals surface area (Å²) in [5.41, 5.74) is 3.90. The lowest BCUT2D eigenvalue weighted by Crippen LogP contribution is -2.33. The van der Waals surface area contributed by atoms with Crippen molar-refractivity contribution in [3.05, 3.63) is 34.9 Å². The van der Waals surface area contributed by atoms with E-state index in [4.69, 9.17) is 0 Å². The normalized spacial score (nSPS) is 26.1. The van der Waals surface area contributed by atoms with Gasteiger partial charge < -0.3 is 5.11 Å². The van der Waals surface area contributed by atoms with Gasteiger partial charge in [-0.2, -0.15) is 0 Å². The lowest BCUT2D eigenvalue weighted by Gasteiger charge is -2.39. The van der Waals surface area contributed by atoms with Crippen LogP contribution in [0.5, 0.6) is 0 Å². The van der Waals surface area contributed by atoms with Crippen LogP contribution in [0.4, 0.5) is 0 Å². The van der Waals surface area contributed by atoms with Crippen LogP contribution in [0.15, 0.2) is 18.2 Å². The quantitative estimate of drug-likeness (QED) is 0.861. The third-order valence-corrected chi connectivity index (χ3v) is 4.38. The molecule has 104 valence electrons. The molecule has 0 radical (unpaired) electrons. The van der Waals surface area contributed by atoms with E-state index in [9.17, 15) is 9.90 Å². The summed E-state index contributed by atoms with van der Waals surface area (Å²) in [5, 5.41) is 9.48. The molecule has 1 aliphatic rings. The van der Waals surface area contributed by atoms with Crippen LogP contribution in [-0.4, -0.2) is 11.1 Å². The molecule has 0 spiro atoms. The van der Waals surface area contributed by atoms with E-state index in [-0.39, 0.29) is 17.3 Å². The van der Waals surface area contributed by atoms with E-state index < -0.39 is 5.97 Å². The maximum absolute atomic E-state index is 11.5. The highest BCUT2D eigenvalue weighted by Crippen LogP contribution is 2.47. The van der Waals surface area contributed by atoms with Crippen LogP contribution in [0.3, 0.4) is 0 Å². The van der Waals surface area contributed by atoms with Gasteiger partial charge in [-0.05, 0) is 50.0 Å². The van der Waals surface area contributed by atoms with Gasteiger partial charge in [-0.3, -0.25) is 4.79 Å². The Hall–Kier alpha value is -1.31. The van der Waals surface area contributed by atoms with E-state index in [2.05, 4.69) is 45.9 Å². The van der Waals surface area contributed by atoms with Crippen molar-refractivity contribution in [2.75, 3.05) is 0 Å². The summed E-state index contributed by atoms with van der Waals surface area (Å²) in [7, 11) is 0. The molecule has 1 aliphatic carbocycles. The molecule has 0 aromatic heterocycles. The number of hydrogen-bond donors (Lipinski definition) is 1. The predicted molar refractivity (Wildman–Crippen MR) is 77.4 cm³/mol. The first kappa shape index (κ1) is 14.1.